The third-order valence-electron chi connectivity index (χ3n) is 1.73. The SMILES string of the molecule is CC=C1CNC(=O)NC1C. The minimum absolute atomic E-state index is 0.0712. The summed E-state index contributed by atoms with van der Waals surface area (Å²) in [7, 11) is 0. The zero-order valence-electron chi connectivity index (χ0n) is 6.27. The highest BCUT2D eigenvalue weighted by Gasteiger charge is 2.16. The van der Waals surface area contributed by atoms with Crippen molar-refractivity contribution in [3.05, 3.63) is 11.6 Å². The summed E-state index contributed by atoms with van der Waals surface area (Å²) in [4.78, 5) is 10.7. The van der Waals surface area contributed by atoms with Crippen molar-refractivity contribution < 1.29 is 4.79 Å². The van der Waals surface area contributed by atoms with E-state index in [2.05, 4.69) is 10.6 Å². The van der Waals surface area contributed by atoms with Crippen molar-refractivity contribution in [2.45, 2.75) is 19.9 Å². The van der Waals surface area contributed by atoms with Crippen LogP contribution in [0.2, 0.25) is 0 Å². The lowest BCUT2D eigenvalue weighted by Gasteiger charge is -2.23. The molecule has 1 fully saturated rings. The number of amides is 2. The van der Waals surface area contributed by atoms with Crippen LogP contribution in [-0.4, -0.2) is 18.6 Å². The van der Waals surface area contributed by atoms with Gasteiger partial charge in [0.05, 0.1) is 6.04 Å². The molecule has 1 heterocycles. The first-order valence-electron chi connectivity index (χ1n) is 3.43. The van der Waals surface area contributed by atoms with Crippen molar-refractivity contribution >= 4 is 6.03 Å². The zero-order chi connectivity index (χ0) is 7.56. The van der Waals surface area contributed by atoms with Gasteiger partial charge in [0.25, 0.3) is 0 Å². The van der Waals surface area contributed by atoms with E-state index in [0.717, 1.165) is 0 Å². The van der Waals surface area contributed by atoms with Gasteiger partial charge in [0.1, 0.15) is 0 Å². The van der Waals surface area contributed by atoms with E-state index >= 15 is 0 Å². The standard InChI is InChI=1S/C7H12N2O/c1-3-6-4-8-7(10)9-5(6)2/h3,5H,4H2,1-2H3,(H2,8,9,10). The number of hydrogen-bond acceptors (Lipinski definition) is 1. The van der Waals surface area contributed by atoms with Gasteiger partial charge >= 0.3 is 6.03 Å². The molecular weight excluding hydrogens is 128 g/mol. The van der Waals surface area contributed by atoms with Crippen LogP contribution < -0.4 is 10.6 Å². The minimum Gasteiger partial charge on any atom is -0.334 e. The fourth-order valence-corrected chi connectivity index (χ4v) is 1.03. The molecular formula is C7H12N2O. The summed E-state index contributed by atoms with van der Waals surface area (Å²) >= 11 is 0. The van der Waals surface area contributed by atoms with Crippen LogP contribution in [0.1, 0.15) is 13.8 Å². The second-order valence-electron chi connectivity index (χ2n) is 2.41. The van der Waals surface area contributed by atoms with Gasteiger partial charge in [-0.3, -0.25) is 0 Å². The fraction of sp³-hybridized carbons (Fsp3) is 0.571. The summed E-state index contributed by atoms with van der Waals surface area (Å²) in [5, 5.41) is 5.46. The lowest BCUT2D eigenvalue weighted by molar-refractivity contribution is 0.236. The number of rotatable bonds is 0. The predicted octanol–water partition coefficient (Wildman–Crippen LogP) is 0.634. The van der Waals surface area contributed by atoms with Crippen molar-refractivity contribution in [1.29, 1.82) is 0 Å². The lowest BCUT2D eigenvalue weighted by Crippen LogP contribution is -2.49. The second-order valence-corrected chi connectivity index (χ2v) is 2.41. The van der Waals surface area contributed by atoms with Gasteiger partial charge in [0, 0.05) is 6.54 Å². The number of carbonyl (C=O) groups is 1. The van der Waals surface area contributed by atoms with Crippen LogP contribution in [0, 0.1) is 0 Å². The van der Waals surface area contributed by atoms with E-state index in [0.29, 0.717) is 6.54 Å². The van der Waals surface area contributed by atoms with Crippen LogP contribution in [0.4, 0.5) is 4.79 Å². The Labute approximate surface area is 60.5 Å². The average Bonchev–Trinajstić information content (AvgIpc) is 1.88. The molecule has 1 rings (SSSR count). The minimum atomic E-state index is -0.0712. The molecule has 0 aromatic carbocycles. The monoisotopic (exact) mass is 140 g/mol. The largest absolute Gasteiger partial charge is 0.334 e. The summed E-state index contributed by atoms with van der Waals surface area (Å²) in [6.07, 6.45) is 2.02. The summed E-state index contributed by atoms with van der Waals surface area (Å²) in [5.74, 6) is 0. The number of carbonyl (C=O) groups excluding carboxylic acids is 1. The zero-order valence-corrected chi connectivity index (χ0v) is 6.27. The maximum Gasteiger partial charge on any atom is 0.315 e. The second kappa shape index (κ2) is 2.73. The Kier molecular flexibility index (Phi) is 1.94. The van der Waals surface area contributed by atoms with E-state index in [1.54, 1.807) is 0 Å². The number of allylic oxidation sites excluding steroid dienone is 1. The van der Waals surface area contributed by atoms with Crippen LogP contribution in [0.3, 0.4) is 0 Å². The Hall–Kier alpha value is -0.990. The highest BCUT2D eigenvalue weighted by atomic mass is 16.2. The molecule has 1 aliphatic heterocycles. The molecule has 0 aromatic rings. The van der Waals surface area contributed by atoms with Crippen molar-refractivity contribution in [1.82, 2.24) is 10.6 Å². The highest BCUT2D eigenvalue weighted by Crippen LogP contribution is 2.03. The Morgan fingerprint density at radius 3 is 2.90 bits per heavy atom. The molecule has 1 atom stereocenters. The van der Waals surface area contributed by atoms with Crippen molar-refractivity contribution in [3.63, 3.8) is 0 Å². The van der Waals surface area contributed by atoms with Crippen LogP contribution >= 0.6 is 0 Å². The first-order valence-corrected chi connectivity index (χ1v) is 3.43. The van der Waals surface area contributed by atoms with Crippen molar-refractivity contribution in [2.24, 2.45) is 0 Å². The Morgan fingerprint density at radius 1 is 1.70 bits per heavy atom. The van der Waals surface area contributed by atoms with E-state index in [-0.39, 0.29) is 12.1 Å². The molecule has 56 valence electrons. The molecule has 3 heteroatoms. The van der Waals surface area contributed by atoms with Crippen LogP contribution in [-0.2, 0) is 0 Å². The van der Waals surface area contributed by atoms with E-state index in [1.807, 2.05) is 19.9 Å². The van der Waals surface area contributed by atoms with E-state index in [1.165, 1.54) is 5.57 Å². The highest BCUT2D eigenvalue weighted by molar-refractivity contribution is 5.76. The predicted molar refractivity (Wildman–Crippen MR) is 39.8 cm³/mol. The van der Waals surface area contributed by atoms with Crippen LogP contribution in [0.5, 0.6) is 0 Å². The Bertz CT molecular complexity index is 174. The first-order chi connectivity index (χ1) is 4.74. The number of urea groups is 1. The Balaban J connectivity index is 2.60. The van der Waals surface area contributed by atoms with Crippen molar-refractivity contribution in [3.8, 4) is 0 Å². The molecule has 1 aliphatic rings. The third kappa shape index (κ3) is 1.29. The van der Waals surface area contributed by atoms with Crippen LogP contribution in [0.15, 0.2) is 11.6 Å². The summed E-state index contributed by atoms with van der Waals surface area (Å²) in [6, 6.07) is 0.122. The van der Waals surface area contributed by atoms with Gasteiger partial charge in [0.15, 0.2) is 0 Å². The first kappa shape index (κ1) is 7.12. The van der Waals surface area contributed by atoms with Crippen LogP contribution in [0.25, 0.3) is 0 Å². The molecule has 0 aromatic heterocycles. The van der Waals surface area contributed by atoms with Gasteiger partial charge < -0.3 is 10.6 Å². The van der Waals surface area contributed by atoms with E-state index in [9.17, 15) is 4.79 Å². The Morgan fingerprint density at radius 2 is 2.40 bits per heavy atom. The molecule has 0 bridgehead atoms. The molecule has 2 amide bonds. The van der Waals surface area contributed by atoms with Gasteiger partial charge in [0.2, 0.25) is 0 Å². The van der Waals surface area contributed by atoms with Gasteiger partial charge in [-0.05, 0) is 19.4 Å². The van der Waals surface area contributed by atoms with Gasteiger partial charge in [-0.1, -0.05) is 6.08 Å². The lowest BCUT2D eigenvalue weighted by atomic mass is 10.1. The maximum absolute atomic E-state index is 10.7. The van der Waals surface area contributed by atoms with E-state index in [4.69, 9.17) is 0 Å². The molecule has 10 heavy (non-hydrogen) atoms. The molecule has 0 aliphatic carbocycles. The molecule has 0 spiro atoms. The molecule has 1 unspecified atom stereocenters. The molecule has 2 N–H and O–H groups in total. The smallest absolute Gasteiger partial charge is 0.315 e. The van der Waals surface area contributed by atoms with Gasteiger partial charge in [-0.25, -0.2) is 4.79 Å². The topological polar surface area (TPSA) is 41.1 Å². The maximum atomic E-state index is 10.7. The number of hydrogen-bond donors (Lipinski definition) is 2. The molecule has 1 saturated heterocycles. The fourth-order valence-electron chi connectivity index (χ4n) is 1.03. The average molecular weight is 140 g/mol. The quantitative estimate of drug-likeness (QED) is 0.476. The van der Waals surface area contributed by atoms with Crippen molar-refractivity contribution in [2.75, 3.05) is 6.54 Å². The van der Waals surface area contributed by atoms with Gasteiger partial charge in [-0.15, -0.1) is 0 Å². The summed E-state index contributed by atoms with van der Waals surface area (Å²) in [6.45, 7) is 4.64. The molecule has 0 saturated carbocycles. The van der Waals surface area contributed by atoms with E-state index < -0.39 is 0 Å². The normalized spacial score (nSPS) is 29.6. The summed E-state index contributed by atoms with van der Waals surface area (Å²) in [5.41, 5.74) is 1.24. The molecule has 0 radical (unpaired) electrons. The van der Waals surface area contributed by atoms with Gasteiger partial charge in [-0.2, -0.15) is 0 Å². The number of nitrogens with one attached hydrogen (secondary N) is 2. The molecule has 3 nitrogen and oxygen atoms in total. The summed E-state index contributed by atoms with van der Waals surface area (Å²) < 4.78 is 0. The third-order valence-corrected chi connectivity index (χ3v) is 1.73.